The Kier molecular flexibility index (Phi) is 6.28. The molecule has 9 nitrogen and oxygen atoms in total. The van der Waals surface area contributed by atoms with E-state index in [1.54, 1.807) is 0 Å². The van der Waals surface area contributed by atoms with Crippen LogP contribution in [0.15, 0.2) is 0 Å². The van der Waals surface area contributed by atoms with Gasteiger partial charge in [-0.3, -0.25) is 0 Å². The van der Waals surface area contributed by atoms with E-state index < -0.39 is 68.1 Å². The highest BCUT2D eigenvalue weighted by Gasteiger charge is 2.50. The Morgan fingerprint density at radius 3 is 2.17 bits per heavy atom. The molecule has 2 aliphatic heterocycles. The number of ether oxygens (including phenoxy) is 4. The molecule has 0 spiro atoms. The average molecular weight is 342 g/mol. The van der Waals surface area contributed by atoms with Crippen LogP contribution in [0.1, 0.15) is 6.92 Å². The SMILES string of the molecule is CO[C@H]1O[C@H](CO)[C@H](F)[C@H](O)[C@H]1O[C@@H]1O[C@@H](C)[C@H](O)[C@@H](O)[C@H]1O. The summed E-state index contributed by atoms with van der Waals surface area (Å²) in [6, 6.07) is 0. The van der Waals surface area contributed by atoms with Crippen LogP contribution < -0.4 is 0 Å². The lowest BCUT2D eigenvalue weighted by atomic mass is 9.98. The fourth-order valence-corrected chi connectivity index (χ4v) is 2.65. The number of rotatable bonds is 4. The van der Waals surface area contributed by atoms with Crippen LogP contribution in [0.2, 0.25) is 0 Å². The van der Waals surface area contributed by atoms with E-state index in [2.05, 4.69) is 0 Å². The summed E-state index contributed by atoms with van der Waals surface area (Å²) in [5.74, 6) is 0. The number of methoxy groups -OCH3 is 1. The number of alkyl halides is 1. The van der Waals surface area contributed by atoms with E-state index in [9.17, 15) is 24.8 Å². The van der Waals surface area contributed by atoms with Crippen LogP contribution in [-0.2, 0) is 18.9 Å². The Balaban J connectivity index is 2.10. The van der Waals surface area contributed by atoms with Gasteiger partial charge in [-0.05, 0) is 6.92 Å². The van der Waals surface area contributed by atoms with Gasteiger partial charge in [0.2, 0.25) is 0 Å². The highest BCUT2D eigenvalue weighted by atomic mass is 19.1. The van der Waals surface area contributed by atoms with Crippen molar-refractivity contribution in [1.29, 1.82) is 0 Å². The highest BCUT2D eigenvalue weighted by molar-refractivity contribution is 4.93. The molecule has 23 heavy (non-hydrogen) atoms. The second-order valence-electron chi connectivity index (χ2n) is 5.68. The highest BCUT2D eigenvalue weighted by Crippen LogP contribution is 2.30. The molecule has 2 rings (SSSR count). The predicted octanol–water partition coefficient (Wildman–Crippen LogP) is -2.74. The Hall–Kier alpha value is -0.430. The molecule has 0 aromatic carbocycles. The van der Waals surface area contributed by atoms with E-state index in [0.29, 0.717) is 0 Å². The Labute approximate surface area is 132 Å². The zero-order valence-corrected chi connectivity index (χ0v) is 12.7. The monoisotopic (exact) mass is 342 g/mol. The Morgan fingerprint density at radius 2 is 1.61 bits per heavy atom. The van der Waals surface area contributed by atoms with Gasteiger partial charge >= 0.3 is 0 Å². The summed E-state index contributed by atoms with van der Waals surface area (Å²) < 4.78 is 34.7. The molecular formula is C13H23FO9. The predicted molar refractivity (Wildman–Crippen MR) is 70.9 cm³/mol. The third-order valence-electron chi connectivity index (χ3n) is 4.11. The Bertz CT molecular complexity index is 384. The zero-order chi connectivity index (χ0) is 17.3. The molecule has 0 aliphatic carbocycles. The lowest BCUT2D eigenvalue weighted by Gasteiger charge is -2.44. The molecule has 2 heterocycles. The van der Waals surface area contributed by atoms with Gasteiger partial charge in [0.25, 0.3) is 0 Å². The fraction of sp³-hybridized carbons (Fsp3) is 1.00. The van der Waals surface area contributed by atoms with E-state index in [0.717, 1.165) is 0 Å². The minimum Gasteiger partial charge on any atom is -0.394 e. The van der Waals surface area contributed by atoms with Crippen LogP contribution in [0.25, 0.3) is 0 Å². The van der Waals surface area contributed by atoms with E-state index in [-0.39, 0.29) is 0 Å². The van der Waals surface area contributed by atoms with Crippen molar-refractivity contribution in [1.82, 2.24) is 0 Å². The number of aliphatic hydroxyl groups is 5. The molecule has 0 saturated carbocycles. The summed E-state index contributed by atoms with van der Waals surface area (Å²) in [4.78, 5) is 0. The molecule has 10 heteroatoms. The molecule has 10 atom stereocenters. The topological polar surface area (TPSA) is 138 Å². The first-order chi connectivity index (χ1) is 10.8. The molecule has 0 aromatic heterocycles. The van der Waals surface area contributed by atoms with Gasteiger partial charge in [-0.25, -0.2) is 4.39 Å². The summed E-state index contributed by atoms with van der Waals surface area (Å²) in [6.07, 6.45) is -14.3. The molecule has 0 radical (unpaired) electrons. The smallest absolute Gasteiger partial charge is 0.187 e. The quantitative estimate of drug-likeness (QED) is 0.368. The van der Waals surface area contributed by atoms with Crippen molar-refractivity contribution in [3.05, 3.63) is 0 Å². The van der Waals surface area contributed by atoms with Crippen molar-refractivity contribution in [3.63, 3.8) is 0 Å². The standard InChI is InChI=1S/C13H23FO9/c1-4-7(16)9(18)10(19)12(21-4)23-11-8(17)6(14)5(3-15)22-13(11)20-2/h4-13,15-19H,3H2,1-2H3/t4-,5+,6-,7-,8-,9+,10+,11+,12-,13-/m0/s1. The first-order valence-corrected chi connectivity index (χ1v) is 7.28. The lowest BCUT2D eigenvalue weighted by molar-refractivity contribution is -0.357. The summed E-state index contributed by atoms with van der Waals surface area (Å²) in [5, 5.41) is 48.3. The van der Waals surface area contributed by atoms with Gasteiger partial charge < -0.3 is 44.5 Å². The first kappa shape index (κ1) is 18.9. The van der Waals surface area contributed by atoms with Crippen LogP contribution in [-0.4, -0.2) is 101 Å². The van der Waals surface area contributed by atoms with Crippen molar-refractivity contribution >= 4 is 0 Å². The molecule has 5 N–H and O–H groups in total. The molecule has 0 aromatic rings. The minimum atomic E-state index is -1.94. The largest absolute Gasteiger partial charge is 0.394 e. The summed E-state index contributed by atoms with van der Waals surface area (Å²) >= 11 is 0. The fourth-order valence-electron chi connectivity index (χ4n) is 2.65. The van der Waals surface area contributed by atoms with Crippen LogP contribution in [0.3, 0.4) is 0 Å². The average Bonchev–Trinajstić information content (AvgIpc) is 2.54. The summed E-state index contributed by atoms with van der Waals surface area (Å²) in [7, 11) is 1.24. The maximum absolute atomic E-state index is 14.0. The van der Waals surface area contributed by atoms with Crippen LogP contribution >= 0.6 is 0 Å². The molecular weight excluding hydrogens is 319 g/mol. The van der Waals surface area contributed by atoms with Crippen LogP contribution in [0.4, 0.5) is 4.39 Å². The van der Waals surface area contributed by atoms with E-state index in [4.69, 9.17) is 24.1 Å². The summed E-state index contributed by atoms with van der Waals surface area (Å²) in [6.45, 7) is 0.798. The van der Waals surface area contributed by atoms with Gasteiger partial charge in [0.1, 0.15) is 36.6 Å². The molecule has 2 saturated heterocycles. The van der Waals surface area contributed by atoms with Crippen molar-refractivity contribution in [2.24, 2.45) is 0 Å². The third kappa shape index (κ3) is 3.65. The molecule has 2 fully saturated rings. The van der Waals surface area contributed by atoms with Gasteiger partial charge in [0.15, 0.2) is 18.8 Å². The van der Waals surface area contributed by atoms with Crippen molar-refractivity contribution in [2.45, 2.75) is 68.4 Å². The minimum absolute atomic E-state index is 0.657. The second-order valence-corrected chi connectivity index (χ2v) is 5.68. The van der Waals surface area contributed by atoms with Gasteiger partial charge in [0, 0.05) is 7.11 Å². The maximum Gasteiger partial charge on any atom is 0.187 e. The Morgan fingerprint density at radius 1 is 0.957 bits per heavy atom. The van der Waals surface area contributed by atoms with Gasteiger partial charge in [-0.15, -0.1) is 0 Å². The van der Waals surface area contributed by atoms with Gasteiger partial charge in [-0.1, -0.05) is 0 Å². The normalized spacial score (nSPS) is 51.7. The van der Waals surface area contributed by atoms with Crippen molar-refractivity contribution in [2.75, 3.05) is 13.7 Å². The van der Waals surface area contributed by atoms with Crippen molar-refractivity contribution in [3.8, 4) is 0 Å². The molecule has 136 valence electrons. The van der Waals surface area contributed by atoms with Gasteiger partial charge in [0.05, 0.1) is 12.7 Å². The van der Waals surface area contributed by atoms with E-state index >= 15 is 0 Å². The zero-order valence-electron chi connectivity index (χ0n) is 12.7. The van der Waals surface area contributed by atoms with Crippen LogP contribution in [0, 0.1) is 0 Å². The lowest BCUT2D eigenvalue weighted by Crippen LogP contribution is -2.63. The molecule has 0 bridgehead atoms. The molecule has 2 aliphatic rings. The van der Waals surface area contributed by atoms with E-state index in [1.165, 1.54) is 14.0 Å². The molecule has 0 amide bonds. The van der Waals surface area contributed by atoms with E-state index in [1.807, 2.05) is 0 Å². The van der Waals surface area contributed by atoms with Crippen molar-refractivity contribution < 1.29 is 48.9 Å². The van der Waals surface area contributed by atoms with Crippen LogP contribution in [0.5, 0.6) is 0 Å². The number of hydrogen-bond acceptors (Lipinski definition) is 9. The molecule has 0 unspecified atom stereocenters. The third-order valence-corrected chi connectivity index (χ3v) is 4.11. The number of halogens is 1. The summed E-state index contributed by atoms with van der Waals surface area (Å²) in [5.41, 5.74) is 0. The maximum atomic E-state index is 14.0. The first-order valence-electron chi connectivity index (χ1n) is 7.28. The number of aliphatic hydroxyl groups excluding tert-OH is 5. The second kappa shape index (κ2) is 7.64. The van der Waals surface area contributed by atoms with Gasteiger partial charge in [-0.2, -0.15) is 0 Å². The number of hydrogen-bond donors (Lipinski definition) is 5.